The number of methoxy groups -OCH3 is 1. The fraction of sp³-hybridized carbons (Fsp3) is 0.462. The average molecular weight is 288 g/mol. The number of ether oxygens (including phenoxy) is 1. The van der Waals surface area contributed by atoms with Crippen molar-refractivity contribution in [3.8, 4) is 0 Å². The topological polar surface area (TPSA) is 86.0 Å². The van der Waals surface area contributed by atoms with Gasteiger partial charge < -0.3 is 9.64 Å². The Bertz CT molecular complexity index is 614. The summed E-state index contributed by atoms with van der Waals surface area (Å²) in [6.07, 6.45) is 7.28. The standard InChI is InChI=1S/C13H16N6O2/c1-21-9-10-7-19(17-16-10)11-2-5-18(8-11)13(20)12-6-14-3-4-15-12/h3-4,6-7,11H,2,5,8-9H2,1H3. The van der Waals surface area contributed by atoms with Gasteiger partial charge >= 0.3 is 0 Å². The summed E-state index contributed by atoms with van der Waals surface area (Å²) in [6.45, 7) is 1.72. The van der Waals surface area contributed by atoms with Gasteiger partial charge in [0.25, 0.3) is 5.91 Å². The molecular weight excluding hydrogens is 272 g/mol. The second kappa shape index (κ2) is 5.96. The minimum Gasteiger partial charge on any atom is -0.378 e. The number of likely N-dealkylation sites (tertiary alicyclic amines) is 1. The van der Waals surface area contributed by atoms with Gasteiger partial charge in [0.15, 0.2) is 0 Å². The molecule has 1 unspecified atom stereocenters. The van der Waals surface area contributed by atoms with E-state index in [9.17, 15) is 4.79 Å². The monoisotopic (exact) mass is 288 g/mol. The van der Waals surface area contributed by atoms with Crippen molar-refractivity contribution < 1.29 is 9.53 Å². The molecule has 0 radical (unpaired) electrons. The maximum atomic E-state index is 12.3. The van der Waals surface area contributed by atoms with Crippen LogP contribution in [0.1, 0.15) is 28.6 Å². The second-order valence-electron chi connectivity index (χ2n) is 4.91. The molecule has 0 bridgehead atoms. The van der Waals surface area contributed by atoms with Crippen LogP contribution in [0.15, 0.2) is 24.8 Å². The normalized spacial score (nSPS) is 18.1. The van der Waals surface area contributed by atoms with Crippen LogP contribution in [0.4, 0.5) is 0 Å². The molecule has 8 nitrogen and oxygen atoms in total. The third-order valence-corrected chi connectivity index (χ3v) is 3.46. The molecule has 1 aliphatic heterocycles. The van der Waals surface area contributed by atoms with Gasteiger partial charge in [-0.25, -0.2) is 9.67 Å². The van der Waals surface area contributed by atoms with E-state index in [0.29, 0.717) is 25.4 Å². The average Bonchev–Trinajstić information content (AvgIpc) is 3.16. The Kier molecular flexibility index (Phi) is 3.87. The van der Waals surface area contributed by atoms with Gasteiger partial charge in [-0.2, -0.15) is 0 Å². The van der Waals surface area contributed by atoms with Crippen LogP contribution in [-0.2, 0) is 11.3 Å². The maximum Gasteiger partial charge on any atom is 0.274 e. The third kappa shape index (κ3) is 2.89. The van der Waals surface area contributed by atoms with Crippen LogP contribution < -0.4 is 0 Å². The molecule has 2 aromatic rings. The molecule has 3 rings (SSSR count). The predicted octanol–water partition coefficient (Wildman–Crippen LogP) is 0.302. The van der Waals surface area contributed by atoms with E-state index in [0.717, 1.165) is 12.1 Å². The van der Waals surface area contributed by atoms with Gasteiger partial charge in [-0.05, 0) is 6.42 Å². The van der Waals surface area contributed by atoms with Crippen LogP contribution in [0.25, 0.3) is 0 Å². The van der Waals surface area contributed by atoms with E-state index in [-0.39, 0.29) is 11.9 Å². The zero-order valence-electron chi connectivity index (χ0n) is 11.7. The van der Waals surface area contributed by atoms with E-state index in [1.54, 1.807) is 22.9 Å². The van der Waals surface area contributed by atoms with E-state index < -0.39 is 0 Å². The predicted molar refractivity (Wildman–Crippen MR) is 72.3 cm³/mol. The van der Waals surface area contributed by atoms with Crippen LogP contribution in [0.2, 0.25) is 0 Å². The van der Waals surface area contributed by atoms with E-state index >= 15 is 0 Å². The Morgan fingerprint density at radius 2 is 2.38 bits per heavy atom. The smallest absolute Gasteiger partial charge is 0.274 e. The van der Waals surface area contributed by atoms with Crippen molar-refractivity contribution in [3.63, 3.8) is 0 Å². The lowest BCUT2D eigenvalue weighted by molar-refractivity contribution is 0.0780. The molecule has 1 aliphatic rings. The number of carbonyl (C=O) groups excluding carboxylic acids is 1. The van der Waals surface area contributed by atoms with Crippen molar-refractivity contribution in [2.24, 2.45) is 0 Å². The van der Waals surface area contributed by atoms with Gasteiger partial charge in [0.2, 0.25) is 0 Å². The number of rotatable bonds is 4. The summed E-state index contributed by atoms with van der Waals surface area (Å²) in [5, 5.41) is 8.14. The van der Waals surface area contributed by atoms with Crippen molar-refractivity contribution >= 4 is 5.91 Å². The first-order chi connectivity index (χ1) is 10.3. The molecule has 0 aliphatic carbocycles. The summed E-state index contributed by atoms with van der Waals surface area (Å²) in [6, 6.07) is 0.142. The SMILES string of the molecule is COCc1cn(C2CCN(C(=O)c3cnccn3)C2)nn1. The summed E-state index contributed by atoms with van der Waals surface area (Å²) in [5.41, 5.74) is 1.16. The summed E-state index contributed by atoms with van der Waals surface area (Å²) in [5.74, 6) is -0.0946. The first-order valence-corrected chi connectivity index (χ1v) is 6.73. The van der Waals surface area contributed by atoms with E-state index in [1.165, 1.54) is 12.4 Å². The van der Waals surface area contributed by atoms with Crippen LogP contribution in [0, 0.1) is 0 Å². The van der Waals surface area contributed by atoms with E-state index in [2.05, 4.69) is 20.3 Å². The molecule has 3 heterocycles. The third-order valence-electron chi connectivity index (χ3n) is 3.46. The molecule has 0 spiro atoms. The lowest BCUT2D eigenvalue weighted by Gasteiger charge is -2.15. The van der Waals surface area contributed by atoms with Gasteiger partial charge in [-0.15, -0.1) is 5.10 Å². The van der Waals surface area contributed by atoms with Gasteiger partial charge in [0.1, 0.15) is 11.4 Å². The van der Waals surface area contributed by atoms with Crippen LogP contribution >= 0.6 is 0 Å². The molecule has 1 atom stereocenters. The molecule has 2 aromatic heterocycles. The number of hydrogen-bond acceptors (Lipinski definition) is 6. The summed E-state index contributed by atoms with van der Waals surface area (Å²) in [7, 11) is 1.62. The summed E-state index contributed by atoms with van der Waals surface area (Å²) < 4.78 is 6.83. The molecule has 0 N–H and O–H groups in total. The zero-order valence-corrected chi connectivity index (χ0v) is 11.7. The Balaban J connectivity index is 1.66. The highest BCUT2D eigenvalue weighted by Crippen LogP contribution is 2.22. The van der Waals surface area contributed by atoms with Crippen molar-refractivity contribution in [2.75, 3.05) is 20.2 Å². The van der Waals surface area contributed by atoms with E-state index in [1.807, 2.05) is 6.20 Å². The summed E-state index contributed by atoms with van der Waals surface area (Å²) in [4.78, 5) is 22.0. The highest BCUT2D eigenvalue weighted by Gasteiger charge is 2.29. The maximum absolute atomic E-state index is 12.3. The fourth-order valence-electron chi connectivity index (χ4n) is 2.42. The Morgan fingerprint density at radius 1 is 1.48 bits per heavy atom. The van der Waals surface area contributed by atoms with Gasteiger partial charge in [-0.3, -0.25) is 9.78 Å². The highest BCUT2D eigenvalue weighted by molar-refractivity contribution is 5.92. The zero-order chi connectivity index (χ0) is 14.7. The fourth-order valence-corrected chi connectivity index (χ4v) is 2.42. The number of hydrogen-bond donors (Lipinski definition) is 0. The molecule has 8 heteroatoms. The van der Waals surface area contributed by atoms with Crippen molar-refractivity contribution in [3.05, 3.63) is 36.2 Å². The molecule has 21 heavy (non-hydrogen) atoms. The molecule has 1 saturated heterocycles. The van der Waals surface area contributed by atoms with Crippen LogP contribution in [0.3, 0.4) is 0 Å². The second-order valence-corrected chi connectivity index (χ2v) is 4.91. The van der Waals surface area contributed by atoms with Gasteiger partial charge in [-0.1, -0.05) is 5.21 Å². The van der Waals surface area contributed by atoms with Gasteiger partial charge in [0.05, 0.1) is 25.0 Å². The first-order valence-electron chi connectivity index (χ1n) is 6.73. The lowest BCUT2D eigenvalue weighted by Crippen LogP contribution is -2.30. The molecule has 110 valence electrons. The number of aromatic nitrogens is 5. The Labute approximate surface area is 121 Å². The van der Waals surface area contributed by atoms with Crippen molar-refractivity contribution in [1.29, 1.82) is 0 Å². The molecule has 0 saturated carbocycles. The van der Waals surface area contributed by atoms with Crippen molar-refractivity contribution in [1.82, 2.24) is 29.9 Å². The van der Waals surface area contributed by atoms with E-state index in [4.69, 9.17) is 4.74 Å². The summed E-state index contributed by atoms with van der Waals surface area (Å²) >= 11 is 0. The molecule has 0 aromatic carbocycles. The minimum atomic E-state index is -0.0946. The molecule has 1 amide bonds. The minimum absolute atomic E-state index is 0.0946. The van der Waals surface area contributed by atoms with Crippen LogP contribution in [0.5, 0.6) is 0 Å². The quantitative estimate of drug-likeness (QED) is 0.804. The Hall–Kier alpha value is -2.35. The first kappa shape index (κ1) is 13.6. The Morgan fingerprint density at radius 3 is 3.14 bits per heavy atom. The highest BCUT2D eigenvalue weighted by atomic mass is 16.5. The number of carbonyl (C=O) groups is 1. The number of nitrogens with zero attached hydrogens (tertiary/aromatic N) is 6. The lowest BCUT2D eigenvalue weighted by atomic mass is 10.3. The van der Waals surface area contributed by atoms with Crippen LogP contribution in [-0.4, -0.2) is 56.0 Å². The van der Waals surface area contributed by atoms with Gasteiger partial charge in [0, 0.05) is 32.6 Å². The molecular formula is C13H16N6O2. The molecule has 1 fully saturated rings. The number of amides is 1. The van der Waals surface area contributed by atoms with Crippen molar-refractivity contribution in [2.45, 2.75) is 19.1 Å². The largest absolute Gasteiger partial charge is 0.378 e.